The minimum Gasteiger partial charge on any atom is -0.453 e. The average Bonchev–Trinajstić information content (AvgIpc) is 2.53. The summed E-state index contributed by atoms with van der Waals surface area (Å²) >= 11 is 5.77. The molecule has 2 rings (SSSR count). The van der Waals surface area contributed by atoms with Crippen LogP contribution in [0.5, 0.6) is 0 Å². The van der Waals surface area contributed by atoms with E-state index in [4.69, 9.17) is 11.6 Å². The Hall–Kier alpha value is -2.82. The number of nitrogens with one attached hydrogen (secondary N) is 2. The third-order valence-electron chi connectivity index (χ3n) is 3.21. The second-order valence-electron chi connectivity index (χ2n) is 4.95. The van der Waals surface area contributed by atoms with E-state index in [-0.39, 0.29) is 22.3 Å². The average molecular weight is 396 g/mol. The summed E-state index contributed by atoms with van der Waals surface area (Å²) in [7, 11) is 1.08. The number of hydrogen-bond acceptors (Lipinski definition) is 4. The molecule has 0 saturated heterocycles. The maximum absolute atomic E-state index is 14.0. The minimum absolute atomic E-state index is 0.0775. The monoisotopic (exact) mass is 395 g/mol. The van der Waals surface area contributed by atoms with Gasteiger partial charge in [0.15, 0.2) is 0 Å². The molecule has 0 radical (unpaired) electrons. The van der Waals surface area contributed by atoms with Crippen LogP contribution < -0.4 is 16.6 Å². The molecule has 1 aromatic heterocycles. The summed E-state index contributed by atoms with van der Waals surface area (Å²) < 4.78 is 56.5. The van der Waals surface area contributed by atoms with Crippen molar-refractivity contribution in [3.8, 4) is 0 Å². The zero-order valence-electron chi connectivity index (χ0n) is 12.9. The van der Waals surface area contributed by atoms with Crippen LogP contribution >= 0.6 is 11.6 Å². The lowest BCUT2D eigenvalue weighted by Gasteiger charge is -2.12. The molecule has 0 aliphatic heterocycles. The molecular weight excluding hydrogens is 386 g/mol. The van der Waals surface area contributed by atoms with Crippen molar-refractivity contribution in [2.75, 3.05) is 12.4 Å². The van der Waals surface area contributed by atoms with Gasteiger partial charge in [-0.3, -0.25) is 14.7 Å². The predicted octanol–water partition coefficient (Wildman–Crippen LogP) is 2.57. The van der Waals surface area contributed by atoms with Gasteiger partial charge in [0.05, 0.1) is 24.4 Å². The number of ether oxygens (including phenoxy) is 1. The van der Waals surface area contributed by atoms with Crippen LogP contribution in [0.2, 0.25) is 5.02 Å². The van der Waals surface area contributed by atoms with E-state index in [1.54, 1.807) is 0 Å². The summed E-state index contributed by atoms with van der Waals surface area (Å²) in [5.74, 6) is -0.934. The number of alkyl halides is 3. The van der Waals surface area contributed by atoms with Crippen molar-refractivity contribution in [2.24, 2.45) is 0 Å². The molecule has 0 unspecified atom stereocenters. The molecule has 0 spiro atoms. The zero-order chi connectivity index (χ0) is 19.6. The number of rotatable bonds is 3. The summed E-state index contributed by atoms with van der Waals surface area (Å²) in [5, 5.41) is 2.00. The zero-order valence-corrected chi connectivity index (χ0v) is 13.7. The Labute approximate surface area is 147 Å². The van der Waals surface area contributed by atoms with Crippen molar-refractivity contribution in [1.82, 2.24) is 9.55 Å². The molecule has 1 amide bonds. The van der Waals surface area contributed by atoms with Gasteiger partial charge in [-0.05, 0) is 12.1 Å². The van der Waals surface area contributed by atoms with E-state index >= 15 is 0 Å². The molecule has 0 saturated carbocycles. The van der Waals surface area contributed by atoms with Crippen molar-refractivity contribution in [3.63, 3.8) is 0 Å². The number of nitrogens with zero attached hydrogens (tertiary/aromatic N) is 1. The smallest absolute Gasteiger partial charge is 0.431 e. The Kier molecular flexibility index (Phi) is 5.40. The van der Waals surface area contributed by atoms with Gasteiger partial charge in [0.25, 0.3) is 5.56 Å². The largest absolute Gasteiger partial charge is 0.453 e. The third-order valence-corrected chi connectivity index (χ3v) is 3.53. The first kappa shape index (κ1) is 19.5. The highest BCUT2D eigenvalue weighted by atomic mass is 35.5. The number of hydrogen-bond donors (Lipinski definition) is 2. The number of aromatic nitrogens is 2. The lowest BCUT2D eigenvalue weighted by Crippen LogP contribution is -2.37. The van der Waals surface area contributed by atoms with E-state index in [1.807, 2.05) is 0 Å². The van der Waals surface area contributed by atoms with Gasteiger partial charge in [-0.25, -0.2) is 14.0 Å². The molecule has 140 valence electrons. The Morgan fingerprint density at radius 2 is 1.96 bits per heavy atom. The molecule has 7 nitrogen and oxygen atoms in total. The van der Waals surface area contributed by atoms with Gasteiger partial charge in [0.1, 0.15) is 11.5 Å². The standard InChI is InChI=1S/C14H10ClF4N3O4/c1-26-13(25)20-9-2-6(8(16)3-7(9)15)5-22-11(23)4-10(14(17,18)19)21-12(22)24/h2-4H,5H2,1H3,(H,20,25)(H,21,24). The van der Waals surface area contributed by atoms with Gasteiger partial charge in [-0.1, -0.05) is 11.6 Å². The van der Waals surface area contributed by atoms with Crippen LogP contribution in [0.4, 0.5) is 28.0 Å². The number of benzene rings is 1. The first-order valence-corrected chi connectivity index (χ1v) is 7.15. The van der Waals surface area contributed by atoms with Crippen LogP contribution in [-0.2, 0) is 17.5 Å². The van der Waals surface area contributed by atoms with Crippen molar-refractivity contribution in [1.29, 1.82) is 0 Å². The molecule has 0 aliphatic carbocycles. The number of halogens is 5. The highest BCUT2D eigenvalue weighted by Gasteiger charge is 2.33. The van der Waals surface area contributed by atoms with Crippen molar-refractivity contribution in [2.45, 2.75) is 12.7 Å². The Morgan fingerprint density at radius 3 is 2.50 bits per heavy atom. The summed E-state index contributed by atoms with van der Waals surface area (Å²) in [5.41, 5.74) is -4.52. The molecule has 0 bridgehead atoms. The fraction of sp³-hybridized carbons (Fsp3) is 0.214. The first-order chi connectivity index (χ1) is 12.0. The molecule has 0 atom stereocenters. The van der Waals surface area contributed by atoms with Gasteiger partial charge in [0.2, 0.25) is 0 Å². The molecular formula is C14H10ClF4N3O4. The van der Waals surface area contributed by atoms with Crippen molar-refractivity contribution < 1.29 is 27.1 Å². The van der Waals surface area contributed by atoms with Crippen LogP contribution in [-0.4, -0.2) is 22.8 Å². The predicted molar refractivity (Wildman–Crippen MR) is 82.9 cm³/mol. The molecule has 0 aliphatic rings. The Balaban J connectivity index is 2.46. The highest BCUT2D eigenvalue weighted by molar-refractivity contribution is 6.33. The molecule has 12 heteroatoms. The van der Waals surface area contributed by atoms with E-state index in [9.17, 15) is 31.9 Å². The number of methoxy groups -OCH3 is 1. The fourth-order valence-electron chi connectivity index (χ4n) is 1.96. The van der Waals surface area contributed by atoms with E-state index in [1.165, 1.54) is 4.98 Å². The molecule has 0 fully saturated rings. The normalized spacial score (nSPS) is 11.3. The van der Waals surface area contributed by atoms with E-state index in [0.717, 1.165) is 19.2 Å². The lowest BCUT2D eigenvalue weighted by molar-refractivity contribution is -0.141. The van der Waals surface area contributed by atoms with Crippen LogP contribution in [0.25, 0.3) is 0 Å². The number of anilines is 1. The Bertz CT molecular complexity index is 937. The first-order valence-electron chi connectivity index (χ1n) is 6.77. The van der Waals surface area contributed by atoms with E-state index in [2.05, 4.69) is 10.1 Å². The highest BCUT2D eigenvalue weighted by Crippen LogP contribution is 2.27. The van der Waals surface area contributed by atoms with Crippen LogP contribution in [0, 0.1) is 5.82 Å². The van der Waals surface area contributed by atoms with Gasteiger partial charge in [0, 0.05) is 11.6 Å². The van der Waals surface area contributed by atoms with Crippen LogP contribution in [0.15, 0.2) is 27.8 Å². The minimum atomic E-state index is -4.92. The SMILES string of the molecule is COC(=O)Nc1cc(Cn2c(=O)cc(C(F)(F)F)[nH]c2=O)c(F)cc1Cl. The molecule has 1 aromatic carbocycles. The van der Waals surface area contributed by atoms with Gasteiger partial charge < -0.3 is 9.72 Å². The molecule has 2 aromatic rings. The Morgan fingerprint density at radius 1 is 1.31 bits per heavy atom. The fourth-order valence-corrected chi connectivity index (χ4v) is 2.16. The quantitative estimate of drug-likeness (QED) is 0.781. The number of carbonyl (C=O) groups is 1. The van der Waals surface area contributed by atoms with Crippen LogP contribution in [0.3, 0.4) is 0 Å². The number of carbonyl (C=O) groups excluding carboxylic acids is 1. The lowest BCUT2D eigenvalue weighted by atomic mass is 10.2. The van der Waals surface area contributed by atoms with Gasteiger partial charge in [-0.15, -0.1) is 0 Å². The molecule has 26 heavy (non-hydrogen) atoms. The van der Waals surface area contributed by atoms with Crippen molar-refractivity contribution in [3.05, 3.63) is 61.1 Å². The number of amides is 1. The summed E-state index contributed by atoms with van der Waals surface area (Å²) in [6, 6.07) is 2.02. The maximum atomic E-state index is 14.0. The second kappa shape index (κ2) is 7.20. The maximum Gasteiger partial charge on any atom is 0.431 e. The second-order valence-corrected chi connectivity index (χ2v) is 5.36. The summed E-state index contributed by atoms with van der Waals surface area (Å²) in [6.45, 7) is -0.689. The number of H-pyrrole nitrogens is 1. The summed E-state index contributed by atoms with van der Waals surface area (Å²) in [6.07, 6.45) is -5.82. The molecule has 2 N–H and O–H groups in total. The van der Waals surface area contributed by atoms with Gasteiger partial charge in [-0.2, -0.15) is 13.2 Å². The van der Waals surface area contributed by atoms with Gasteiger partial charge >= 0.3 is 18.0 Å². The summed E-state index contributed by atoms with van der Waals surface area (Å²) in [4.78, 5) is 36.3. The topological polar surface area (TPSA) is 93.2 Å². The molecule has 1 heterocycles. The van der Waals surface area contributed by atoms with Crippen molar-refractivity contribution >= 4 is 23.4 Å². The van der Waals surface area contributed by atoms with E-state index < -0.39 is 41.6 Å². The number of aromatic amines is 1. The third kappa shape index (κ3) is 4.23. The van der Waals surface area contributed by atoms with E-state index in [0.29, 0.717) is 4.57 Å². The van der Waals surface area contributed by atoms with Crippen LogP contribution in [0.1, 0.15) is 11.3 Å².